The number of piperidine rings is 1. The Morgan fingerprint density at radius 1 is 1.41 bits per heavy atom. The van der Waals surface area contributed by atoms with Crippen LogP contribution in [0, 0.1) is 5.92 Å². The lowest BCUT2D eigenvalue weighted by Crippen LogP contribution is -3.00. The number of benzene rings is 1. The van der Waals surface area contributed by atoms with Gasteiger partial charge in [0.25, 0.3) is 0 Å². The second kappa shape index (κ2) is 5.65. The number of hydrogen-bond donors (Lipinski definition) is 2. The zero-order valence-electron chi connectivity index (χ0n) is 9.90. The van der Waals surface area contributed by atoms with Crippen LogP contribution in [0.3, 0.4) is 0 Å². The number of hydrogen-bond acceptors (Lipinski definition) is 1. The molecule has 2 atom stereocenters. The maximum atomic E-state index is 11.7. The molecule has 0 saturated carbocycles. The van der Waals surface area contributed by atoms with Crippen molar-refractivity contribution in [2.24, 2.45) is 5.92 Å². The predicted octanol–water partition coefficient (Wildman–Crippen LogP) is -2.38. The maximum Gasteiger partial charge on any atom is 0.314 e. The van der Waals surface area contributed by atoms with Crippen molar-refractivity contribution in [1.82, 2.24) is 0 Å². The van der Waals surface area contributed by atoms with Crippen LogP contribution in [0.4, 0.5) is 0 Å². The zero-order valence-corrected chi connectivity index (χ0v) is 11.5. The van der Waals surface area contributed by atoms with Crippen LogP contribution in [-0.2, 0) is 10.2 Å². The molecule has 0 aromatic heterocycles. The molecule has 3 nitrogen and oxygen atoms in total. The lowest BCUT2D eigenvalue weighted by atomic mass is 9.67. The number of halogens is 1. The fraction of sp³-hybridized carbons (Fsp3) is 0.462. The van der Waals surface area contributed by atoms with Crippen molar-refractivity contribution in [2.45, 2.75) is 18.8 Å². The van der Waals surface area contributed by atoms with Gasteiger partial charge < -0.3 is 27.4 Å². The Hall–Kier alpha value is -0.870. The molecule has 0 unspecified atom stereocenters. The van der Waals surface area contributed by atoms with E-state index in [9.17, 15) is 9.90 Å². The number of carboxylic acid groups (broad SMARTS) is 1. The van der Waals surface area contributed by atoms with E-state index in [2.05, 4.69) is 5.32 Å². The largest absolute Gasteiger partial charge is 1.00 e. The van der Waals surface area contributed by atoms with E-state index in [1.54, 1.807) is 0 Å². The normalized spacial score (nSPS) is 28.2. The first kappa shape index (κ1) is 14.2. The zero-order chi connectivity index (χ0) is 11.6. The van der Waals surface area contributed by atoms with Crippen molar-refractivity contribution in [3.8, 4) is 0 Å². The molecule has 0 amide bonds. The second-order valence-electron chi connectivity index (χ2n) is 4.61. The molecule has 0 radical (unpaired) electrons. The van der Waals surface area contributed by atoms with E-state index in [4.69, 9.17) is 0 Å². The van der Waals surface area contributed by atoms with Gasteiger partial charge in [0.15, 0.2) is 0 Å². The van der Waals surface area contributed by atoms with Gasteiger partial charge in [-0.05, 0) is 5.56 Å². The van der Waals surface area contributed by atoms with E-state index in [0.29, 0.717) is 6.42 Å². The number of nitrogens with two attached hydrogens (primary N) is 1. The van der Waals surface area contributed by atoms with Gasteiger partial charge in [0, 0.05) is 12.3 Å². The Labute approximate surface area is 112 Å². The molecule has 94 valence electrons. The van der Waals surface area contributed by atoms with Crippen LogP contribution >= 0.6 is 0 Å². The predicted molar refractivity (Wildman–Crippen MR) is 61.2 cm³/mol. The molecule has 1 aliphatic heterocycles. The van der Waals surface area contributed by atoms with Crippen LogP contribution < -0.4 is 22.3 Å². The summed E-state index contributed by atoms with van der Waals surface area (Å²) in [4.78, 5) is 11.7. The van der Waals surface area contributed by atoms with Crippen molar-refractivity contribution in [3.05, 3.63) is 35.9 Å². The molecule has 3 N–H and O–H groups in total. The number of quaternary nitrogens is 1. The van der Waals surface area contributed by atoms with Crippen LogP contribution in [0.2, 0.25) is 0 Å². The molecule has 0 aliphatic carbocycles. The molecule has 17 heavy (non-hydrogen) atoms. The SMILES string of the molecule is C[C@@H]1C[NH2+]CC[C@]1(C(=O)O)c1ccccc1.[Br-]. The monoisotopic (exact) mass is 299 g/mol. The summed E-state index contributed by atoms with van der Waals surface area (Å²) in [6.07, 6.45) is 0.716. The van der Waals surface area contributed by atoms with Gasteiger partial charge in [-0.15, -0.1) is 0 Å². The molecule has 1 heterocycles. The topological polar surface area (TPSA) is 53.9 Å². The molecule has 1 fully saturated rings. The average molecular weight is 300 g/mol. The van der Waals surface area contributed by atoms with E-state index in [1.807, 2.05) is 37.3 Å². The summed E-state index contributed by atoms with van der Waals surface area (Å²) < 4.78 is 0. The Morgan fingerprint density at radius 2 is 2.06 bits per heavy atom. The molecular formula is C13H18BrNO2. The van der Waals surface area contributed by atoms with Crippen molar-refractivity contribution in [2.75, 3.05) is 13.1 Å². The Kier molecular flexibility index (Phi) is 4.71. The highest BCUT2D eigenvalue weighted by atomic mass is 79.9. The summed E-state index contributed by atoms with van der Waals surface area (Å²) in [5.74, 6) is -0.513. The second-order valence-corrected chi connectivity index (χ2v) is 4.61. The molecule has 1 aliphatic rings. The molecule has 0 spiro atoms. The number of carbonyl (C=O) groups is 1. The summed E-state index contributed by atoms with van der Waals surface area (Å²) in [6.45, 7) is 3.82. The molecule has 2 rings (SSSR count). The third-order valence-electron chi connectivity index (χ3n) is 3.77. The summed E-state index contributed by atoms with van der Waals surface area (Å²) in [5, 5.41) is 11.8. The van der Waals surface area contributed by atoms with Crippen LogP contribution in [0.5, 0.6) is 0 Å². The van der Waals surface area contributed by atoms with Crippen molar-refractivity contribution in [3.63, 3.8) is 0 Å². The highest BCUT2D eigenvalue weighted by Crippen LogP contribution is 2.36. The van der Waals surface area contributed by atoms with Crippen molar-refractivity contribution < 1.29 is 32.2 Å². The van der Waals surface area contributed by atoms with Gasteiger partial charge in [0.1, 0.15) is 5.41 Å². The summed E-state index contributed by atoms with van der Waals surface area (Å²) in [7, 11) is 0. The molecule has 1 aromatic carbocycles. The van der Waals surface area contributed by atoms with E-state index in [0.717, 1.165) is 18.7 Å². The molecule has 1 aromatic rings. The third kappa shape index (κ3) is 2.38. The van der Waals surface area contributed by atoms with Crippen LogP contribution in [-0.4, -0.2) is 24.2 Å². The fourth-order valence-corrected chi connectivity index (χ4v) is 2.75. The lowest BCUT2D eigenvalue weighted by Gasteiger charge is -2.37. The van der Waals surface area contributed by atoms with Crippen molar-refractivity contribution >= 4 is 5.97 Å². The van der Waals surface area contributed by atoms with E-state index in [1.165, 1.54) is 0 Å². The van der Waals surface area contributed by atoms with E-state index < -0.39 is 11.4 Å². The fourth-order valence-electron chi connectivity index (χ4n) is 2.75. The maximum absolute atomic E-state index is 11.7. The standard InChI is InChI=1S/C13H17NO2.BrH/c1-10-9-14-8-7-13(10,12(15)16)11-5-3-2-4-6-11;/h2-6,10,14H,7-9H2,1H3,(H,15,16);1H/t10-,13-;/m1./s1. The molecule has 1 saturated heterocycles. The van der Waals surface area contributed by atoms with Crippen LogP contribution in [0.1, 0.15) is 18.9 Å². The van der Waals surface area contributed by atoms with Gasteiger partial charge in [0.05, 0.1) is 13.1 Å². The minimum Gasteiger partial charge on any atom is -1.00 e. The smallest absolute Gasteiger partial charge is 0.314 e. The Bertz CT molecular complexity index is 382. The first-order valence-corrected chi connectivity index (χ1v) is 5.78. The highest BCUT2D eigenvalue weighted by molar-refractivity contribution is 5.82. The molecular weight excluding hydrogens is 282 g/mol. The van der Waals surface area contributed by atoms with Gasteiger partial charge in [-0.2, -0.15) is 0 Å². The summed E-state index contributed by atoms with van der Waals surface area (Å²) >= 11 is 0. The average Bonchev–Trinajstić information content (AvgIpc) is 2.30. The van der Waals surface area contributed by atoms with Crippen LogP contribution in [0.15, 0.2) is 30.3 Å². The van der Waals surface area contributed by atoms with E-state index >= 15 is 0 Å². The number of aliphatic carboxylic acids is 1. The first-order valence-electron chi connectivity index (χ1n) is 5.78. The highest BCUT2D eigenvalue weighted by Gasteiger charge is 2.48. The molecule has 0 bridgehead atoms. The first-order chi connectivity index (χ1) is 7.68. The Morgan fingerprint density at radius 3 is 2.59 bits per heavy atom. The summed E-state index contributed by atoms with van der Waals surface area (Å²) in [6, 6.07) is 9.65. The Balaban J connectivity index is 0.00000144. The number of carboxylic acids is 1. The van der Waals surface area contributed by atoms with Crippen molar-refractivity contribution in [1.29, 1.82) is 0 Å². The van der Waals surface area contributed by atoms with E-state index in [-0.39, 0.29) is 22.9 Å². The quantitative estimate of drug-likeness (QED) is 0.641. The summed E-state index contributed by atoms with van der Waals surface area (Å²) in [5.41, 5.74) is 0.263. The lowest BCUT2D eigenvalue weighted by molar-refractivity contribution is -0.671. The van der Waals surface area contributed by atoms with Crippen LogP contribution in [0.25, 0.3) is 0 Å². The van der Waals surface area contributed by atoms with Gasteiger partial charge in [-0.25, -0.2) is 0 Å². The van der Waals surface area contributed by atoms with Gasteiger partial charge >= 0.3 is 5.97 Å². The third-order valence-corrected chi connectivity index (χ3v) is 3.77. The minimum atomic E-state index is -0.685. The van der Waals surface area contributed by atoms with Gasteiger partial charge in [-0.1, -0.05) is 37.3 Å². The van der Waals surface area contributed by atoms with Gasteiger partial charge in [0.2, 0.25) is 0 Å². The molecule has 4 heteroatoms. The minimum absolute atomic E-state index is 0. The van der Waals surface area contributed by atoms with Gasteiger partial charge in [-0.3, -0.25) is 4.79 Å². The number of rotatable bonds is 2.